The predicted octanol–water partition coefficient (Wildman–Crippen LogP) is 0.341. The Morgan fingerprint density at radius 3 is 1.89 bits per heavy atom. The Hall–Kier alpha value is -2.17. The summed E-state index contributed by atoms with van der Waals surface area (Å²) in [7, 11) is 1.38. The van der Waals surface area contributed by atoms with Gasteiger partial charge in [-0.25, -0.2) is 31.9 Å². The molecule has 0 spiro atoms. The van der Waals surface area contributed by atoms with E-state index in [1.165, 1.54) is 13.2 Å². The van der Waals surface area contributed by atoms with E-state index in [1.54, 1.807) is 51.1 Å². The van der Waals surface area contributed by atoms with E-state index in [0.29, 0.717) is 23.0 Å². The van der Waals surface area contributed by atoms with Crippen LogP contribution in [0, 0.1) is 29.1 Å². The zero-order valence-corrected chi connectivity index (χ0v) is 23.4. The number of ether oxygens (including phenoxy) is 1. The third-order valence-corrected chi connectivity index (χ3v) is 4.76. The molecule has 196 valence electrons. The molecule has 0 fully saturated rings. The molecule has 36 heavy (non-hydrogen) atoms. The maximum atomic E-state index is 14.0. The smallest absolute Gasteiger partial charge is 1.00 e. The zero-order chi connectivity index (χ0) is 24.5. The molecule has 4 nitrogen and oxygen atoms in total. The van der Waals surface area contributed by atoms with Crippen LogP contribution in [-0.2, 0) is 21.9 Å². The number of rotatable bonds is 5. The number of ketones is 1. The van der Waals surface area contributed by atoms with Crippen molar-refractivity contribution in [1.29, 1.82) is 0 Å². The summed E-state index contributed by atoms with van der Waals surface area (Å²) in [5, 5.41) is 0. The molecule has 0 aliphatic heterocycles. The quantitative estimate of drug-likeness (QED) is 0.0977. The standard InChI is InChI=1S/C24H19F5N2O2.2BrH.Ni/c1-24(2,3)16-13(10-14(31-23(16)33-4)12-8-6-5-7-9-12)15(32)11-30-22-20(28)18(26)17(25)19(27)21(22)29;;;/h5-11H,1-4H3;2*1H;/q;;;+2/p-2. The van der Waals surface area contributed by atoms with Gasteiger partial charge in [0.25, 0.3) is 0 Å². The molecule has 0 aliphatic carbocycles. The molecule has 0 atom stereocenters. The molecule has 0 unspecified atom stereocenters. The van der Waals surface area contributed by atoms with Gasteiger partial charge in [-0.15, -0.1) is 0 Å². The Bertz CT molecular complexity index is 1240. The van der Waals surface area contributed by atoms with Crippen molar-refractivity contribution in [3.8, 4) is 17.1 Å². The summed E-state index contributed by atoms with van der Waals surface area (Å²) >= 11 is 0. The topological polar surface area (TPSA) is 51.5 Å². The monoisotopic (exact) mass is 678 g/mol. The second kappa shape index (κ2) is 13.4. The molecule has 12 heteroatoms. The van der Waals surface area contributed by atoms with Gasteiger partial charge in [-0.1, -0.05) is 51.1 Å². The molecule has 2 aromatic carbocycles. The fraction of sp³-hybridized carbons (Fsp3) is 0.208. The van der Waals surface area contributed by atoms with Crippen LogP contribution in [0.3, 0.4) is 0 Å². The largest absolute Gasteiger partial charge is 2.00 e. The molecular weight excluding hydrogens is 662 g/mol. The van der Waals surface area contributed by atoms with E-state index < -0.39 is 46.0 Å². The number of pyridine rings is 1. The molecular formula is C24H19Br2F5N2NiO2. The van der Waals surface area contributed by atoms with E-state index in [4.69, 9.17) is 4.74 Å². The number of hydrogen-bond acceptors (Lipinski definition) is 4. The van der Waals surface area contributed by atoms with Crippen molar-refractivity contribution in [3.05, 3.63) is 76.6 Å². The summed E-state index contributed by atoms with van der Waals surface area (Å²) in [6.07, 6.45) is 0.511. The number of carbonyl (C=O) groups excluding carboxylic acids is 1. The second-order valence-electron chi connectivity index (χ2n) is 8.10. The molecule has 0 saturated carbocycles. The maximum absolute atomic E-state index is 14.0. The molecule has 0 bridgehead atoms. The summed E-state index contributed by atoms with van der Waals surface area (Å²) in [6.45, 7) is 5.39. The Balaban J connectivity index is 0.00000408. The number of aliphatic imine (C=N–C) groups is 1. The van der Waals surface area contributed by atoms with Crippen LogP contribution in [0.2, 0.25) is 0 Å². The molecule has 1 heterocycles. The van der Waals surface area contributed by atoms with Gasteiger partial charge in [0, 0.05) is 16.7 Å². The average Bonchev–Trinajstić information content (AvgIpc) is 2.80. The van der Waals surface area contributed by atoms with E-state index in [9.17, 15) is 26.7 Å². The van der Waals surface area contributed by atoms with Gasteiger partial charge in [0.05, 0.1) is 19.0 Å². The summed E-state index contributed by atoms with van der Waals surface area (Å²) in [6, 6.07) is 10.3. The number of nitrogens with zero attached hydrogens (tertiary/aromatic N) is 2. The molecule has 0 saturated heterocycles. The number of methoxy groups -OCH3 is 1. The van der Waals surface area contributed by atoms with Gasteiger partial charge in [-0.2, -0.15) is 0 Å². The molecule has 3 rings (SSSR count). The first-order valence-corrected chi connectivity index (χ1v) is 9.72. The third-order valence-electron chi connectivity index (χ3n) is 4.76. The summed E-state index contributed by atoms with van der Waals surface area (Å²) in [5.41, 5.74) is -0.618. The van der Waals surface area contributed by atoms with E-state index >= 15 is 0 Å². The van der Waals surface area contributed by atoms with Crippen molar-refractivity contribution in [1.82, 2.24) is 4.98 Å². The van der Waals surface area contributed by atoms with Crippen molar-refractivity contribution < 1.29 is 81.9 Å². The zero-order valence-electron chi connectivity index (χ0n) is 19.2. The fourth-order valence-corrected chi connectivity index (χ4v) is 3.24. The number of aromatic nitrogens is 1. The molecule has 0 radical (unpaired) electrons. The van der Waals surface area contributed by atoms with Gasteiger partial charge >= 0.3 is 16.5 Å². The molecule has 0 aliphatic rings. The number of hydrogen-bond donors (Lipinski definition) is 0. The summed E-state index contributed by atoms with van der Waals surface area (Å²) in [5.74, 6) is -11.6. The van der Waals surface area contributed by atoms with E-state index in [-0.39, 0.29) is 61.9 Å². The Morgan fingerprint density at radius 2 is 1.42 bits per heavy atom. The van der Waals surface area contributed by atoms with Crippen LogP contribution >= 0.6 is 0 Å². The van der Waals surface area contributed by atoms with E-state index in [1.807, 2.05) is 0 Å². The van der Waals surface area contributed by atoms with Gasteiger partial charge < -0.3 is 38.7 Å². The van der Waals surface area contributed by atoms with Crippen LogP contribution in [0.5, 0.6) is 5.88 Å². The minimum Gasteiger partial charge on any atom is -1.00 e. The fourth-order valence-electron chi connectivity index (χ4n) is 3.24. The number of halogens is 7. The Morgan fingerprint density at radius 1 is 0.917 bits per heavy atom. The minimum atomic E-state index is -2.31. The van der Waals surface area contributed by atoms with Crippen molar-refractivity contribution >= 4 is 17.7 Å². The molecule has 1 aromatic heterocycles. The molecule has 0 N–H and O–H groups in total. The number of benzene rings is 2. The van der Waals surface area contributed by atoms with Crippen molar-refractivity contribution in [2.45, 2.75) is 26.2 Å². The van der Waals surface area contributed by atoms with Crippen LogP contribution in [0.15, 0.2) is 41.4 Å². The van der Waals surface area contributed by atoms with Crippen LogP contribution in [0.1, 0.15) is 36.7 Å². The SMILES string of the molecule is COc1nc(-c2ccccc2)cc(C(=O)C=Nc2c(F)c(F)c(F)c(F)c2F)c1C(C)(C)C.[Br-].[Br-].[Ni+2]. The van der Waals surface area contributed by atoms with E-state index in [0.717, 1.165) is 0 Å². The van der Waals surface area contributed by atoms with Gasteiger partial charge in [0.1, 0.15) is 5.69 Å². The summed E-state index contributed by atoms with van der Waals surface area (Å²) in [4.78, 5) is 20.8. The van der Waals surface area contributed by atoms with E-state index in [2.05, 4.69) is 9.98 Å². The van der Waals surface area contributed by atoms with Crippen molar-refractivity contribution in [2.75, 3.05) is 7.11 Å². The van der Waals surface area contributed by atoms with Gasteiger partial charge in [-0.05, 0) is 11.5 Å². The van der Waals surface area contributed by atoms with Crippen LogP contribution in [-0.4, -0.2) is 24.1 Å². The number of carbonyl (C=O) groups is 1. The van der Waals surface area contributed by atoms with Crippen LogP contribution in [0.25, 0.3) is 11.3 Å². The van der Waals surface area contributed by atoms with Gasteiger partial charge in [0.2, 0.25) is 17.5 Å². The van der Waals surface area contributed by atoms with Crippen molar-refractivity contribution in [3.63, 3.8) is 0 Å². The maximum Gasteiger partial charge on any atom is 2.00 e. The normalized spacial score (nSPS) is 10.8. The average molecular weight is 681 g/mol. The number of Topliss-reactive ketones (excluding diaryl/α,β-unsaturated/α-hetero) is 1. The van der Waals surface area contributed by atoms with Gasteiger partial charge in [-0.3, -0.25) is 4.79 Å². The van der Waals surface area contributed by atoms with Crippen LogP contribution < -0.4 is 38.7 Å². The third kappa shape index (κ3) is 6.78. The minimum absolute atomic E-state index is 0. The Labute approximate surface area is 235 Å². The predicted molar refractivity (Wildman–Crippen MR) is 114 cm³/mol. The van der Waals surface area contributed by atoms with Crippen molar-refractivity contribution in [2.24, 2.45) is 4.99 Å². The second-order valence-corrected chi connectivity index (χ2v) is 8.10. The Kier molecular flexibility index (Phi) is 12.6. The molecule has 3 aromatic rings. The molecule has 0 amide bonds. The summed E-state index contributed by atoms with van der Waals surface area (Å²) < 4.78 is 73.5. The first kappa shape index (κ1) is 33.8. The first-order valence-electron chi connectivity index (χ1n) is 9.72. The van der Waals surface area contributed by atoms with Crippen LogP contribution in [0.4, 0.5) is 27.6 Å². The first-order chi connectivity index (χ1) is 15.5. The van der Waals surface area contributed by atoms with Gasteiger partial charge in [0.15, 0.2) is 23.3 Å².